The van der Waals surface area contributed by atoms with Gasteiger partial charge >= 0.3 is 6.18 Å². The van der Waals surface area contributed by atoms with Crippen LogP contribution in [0.1, 0.15) is 18.5 Å². The van der Waals surface area contributed by atoms with Crippen LogP contribution in [-0.2, 0) is 0 Å². The molecule has 1 N–H and O–H groups in total. The van der Waals surface area contributed by atoms with Gasteiger partial charge in [-0.3, -0.25) is 0 Å². The molecule has 0 bridgehead atoms. The van der Waals surface area contributed by atoms with E-state index in [-0.39, 0.29) is 18.7 Å². The number of alkyl halides is 3. The Kier molecular flexibility index (Phi) is 4.03. The molecule has 17 heavy (non-hydrogen) atoms. The zero-order valence-electron chi connectivity index (χ0n) is 8.71. The molecule has 1 aromatic carbocycles. The number of benzene rings is 1. The predicted molar refractivity (Wildman–Crippen MR) is 48.8 cm³/mol. The van der Waals surface area contributed by atoms with Crippen LogP contribution >= 0.6 is 0 Å². The van der Waals surface area contributed by atoms with Crippen molar-refractivity contribution in [1.29, 1.82) is 0 Å². The summed E-state index contributed by atoms with van der Waals surface area (Å²) < 4.78 is 76.3. The fraction of sp³-hybridized carbons (Fsp3) is 0.400. The van der Waals surface area contributed by atoms with E-state index in [9.17, 15) is 26.3 Å². The zero-order valence-corrected chi connectivity index (χ0v) is 8.71. The molecule has 1 rings (SSSR count). The molecule has 1 atom stereocenters. The topological polar surface area (TPSA) is 12.0 Å². The summed E-state index contributed by atoms with van der Waals surface area (Å²) in [4.78, 5) is 0. The third kappa shape index (κ3) is 3.12. The average Bonchev–Trinajstić information content (AvgIpc) is 2.19. The van der Waals surface area contributed by atoms with Crippen molar-refractivity contribution in [2.24, 2.45) is 0 Å². The van der Waals surface area contributed by atoms with E-state index in [0.717, 1.165) is 0 Å². The van der Waals surface area contributed by atoms with Gasteiger partial charge in [-0.25, -0.2) is 13.2 Å². The Hall–Kier alpha value is -1.24. The van der Waals surface area contributed by atoms with Crippen LogP contribution in [0.25, 0.3) is 0 Å². The summed E-state index contributed by atoms with van der Waals surface area (Å²) in [6.07, 6.45) is -4.79. The fourth-order valence-corrected chi connectivity index (χ4v) is 1.37. The van der Waals surface area contributed by atoms with Gasteiger partial charge in [0.05, 0.1) is 0 Å². The molecule has 0 aliphatic carbocycles. The standard InChI is InChI=1S/C10H9F6N/c1-2-17-9(10(14,15)16)5-3-7(12)8(13)4-6(5)11/h3-4,9,17H,2H2,1H3. The van der Waals surface area contributed by atoms with Crippen LogP contribution in [0, 0.1) is 17.5 Å². The maximum Gasteiger partial charge on any atom is 0.408 e. The van der Waals surface area contributed by atoms with Crippen LogP contribution in [0.2, 0.25) is 0 Å². The first-order valence-electron chi connectivity index (χ1n) is 4.72. The van der Waals surface area contributed by atoms with Crippen molar-refractivity contribution in [2.75, 3.05) is 6.54 Å². The second kappa shape index (κ2) is 4.95. The van der Waals surface area contributed by atoms with E-state index in [2.05, 4.69) is 0 Å². The molecule has 96 valence electrons. The first-order valence-corrected chi connectivity index (χ1v) is 4.72. The molecule has 1 nitrogen and oxygen atoms in total. The molecule has 0 radical (unpaired) electrons. The maximum atomic E-state index is 13.2. The van der Waals surface area contributed by atoms with Gasteiger partial charge in [-0.2, -0.15) is 13.2 Å². The Morgan fingerprint density at radius 1 is 1.06 bits per heavy atom. The molecule has 0 aliphatic rings. The monoisotopic (exact) mass is 257 g/mol. The molecule has 0 heterocycles. The summed E-state index contributed by atoms with van der Waals surface area (Å²) >= 11 is 0. The van der Waals surface area contributed by atoms with Gasteiger partial charge in [0.2, 0.25) is 0 Å². The molecule has 0 amide bonds. The summed E-state index contributed by atoms with van der Waals surface area (Å²) in [6, 6.07) is -2.05. The zero-order chi connectivity index (χ0) is 13.2. The van der Waals surface area contributed by atoms with Gasteiger partial charge in [-0.15, -0.1) is 0 Å². The Morgan fingerprint density at radius 2 is 1.59 bits per heavy atom. The molecule has 0 fully saturated rings. The number of halogens is 6. The van der Waals surface area contributed by atoms with E-state index in [4.69, 9.17) is 0 Å². The molecule has 0 saturated heterocycles. The predicted octanol–water partition coefficient (Wildman–Crippen LogP) is 3.32. The molecule has 0 aromatic heterocycles. The van der Waals surface area contributed by atoms with Crippen molar-refractivity contribution in [2.45, 2.75) is 19.1 Å². The number of rotatable bonds is 3. The fourth-order valence-electron chi connectivity index (χ4n) is 1.37. The van der Waals surface area contributed by atoms with Crippen LogP contribution < -0.4 is 5.32 Å². The highest BCUT2D eigenvalue weighted by molar-refractivity contribution is 5.24. The SMILES string of the molecule is CCNC(c1cc(F)c(F)cc1F)C(F)(F)F. The quantitative estimate of drug-likeness (QED) is 0.647. The summed E-state index contributed by atoms with van der Waals surface area (Å²) in [5.41, 5.74) is -0.960. The molecule has 1 unspecified atom stereocenters. The maximum absolute atomic E-state index is 13.2. The lowest BCUT2D eigenvalue weighted by Gasteiger charge is -2.21. The van der Waals surface area contributed by atoms with E-state index < -0.39 is 35.2 Å². The summed E-state index contributed by atoms with van der Waals surface area (Å²) in [6.45, 7) is 1.29. The van der Waals surface area contributed by atoms with Gasteiger partial charge in [-0.05, 0) is 12.6 Å². The van der Waals surface area contributed by atoms with Gasteiger partial charge in [0.1, 0.15) is 11.9 Å². The largest absolute Gasteiger partial charge is 0.408 e. The third-order valence-corrected chi connectivity index (χ3v) is 2.09. The first kappa shape index (κ1) is 13.8. The average molecular weight is 257 g/mol. The van der Waals surface area contributed by atoms with Crippen LogP contribution in [0.5, 0.6) is 0 Å². The van der Waals surface area contributed by atoms with Crippen molar-refractivity contribution in [3.8, 4) is 0 Å². The number of hydrogen-bond donors (Lipinski definition) is 1. The second-order valence-corrected chi connectivity index (χ2v) is 3.32. The Morgan fingerprint density at radius 3 is 2.06 bits per heavy atom. The summed E-state index contributed by atoms with van der Waals surface area (Å²) in [7, 11) is 0. The molecule has 1 aromatic rings. The minimum absolute atomic E-state index is 0.0946. The van der Waals surface area contributed by atoms with Crippen molar-refractivity contribution < 1.29 is 26.3 Å². The van der Waals surface area contributed by atoms with Crippen molar-refractivity contribution >= 4 is 0 Å². The smallest absolute Gasteiger partial charge is 0.303 e. The molecule has 7 heteroatoms. The minimum atomic E-state index is -4.79. The normalized spacial score (nSPS) is 13.8. The third-order valence-electron chi connectivity index (χ3n) is 2.09. The highest BCUT2D eigenvalue weighted by atomic mass is 19.4. The van der Waals surface area contributed by atoms with Crippen molar-refractivity contribution in [1.82, 2.24) is 5.32 Å². The van der Waals surface area contributed by atoms with Gasteiger partial charge in [0.25, 0.3) is 0 Å². The van der Waals surface area contributed by atoms with E-state index in [0.29, 0.717) is 0 Å². The molecular formula is C10H9F6N. The van der Waals surface area contributed by atoms with Crippen LogP contribution in [-0.4, -0.2) is 12.7 Å². The van der Waals surface area contributed by atoms with E-state index in [1.165, 1.54) is 6.92 Å². The summed E-state index contributed by atoms with van der Waals surface area (Å²) in [5, 5.41) is 1.97. The number of hydrogen-bond acceptors (Lipinski definition) is 1. The van der Waals surface area contributed by atoms with Crippen LogP contribution in [0.3, 0.4) is 0 Å². The van der Waals surface area contributed by atoms with E-state index in [1.807, 2.05) is 5.32 Å². The minimum Gasteiger partial charge on any atom is -0.303 e. The Balaban J connectivity index is 3.23. The van der Waals surface area contributed by atoms with Crippen LogP contribution in [0.15, 0.2) is 12.1 Å². The lowest BCUT2D eigenvalue weighted by Crippen LogP contribution is -2.34. The highest BCUT2D eigenvalue weighted by Crippen LogP contribution is 2.34. The van der Waals surface area contributed by atoms with Gasteiger partial charge in [0.15, 0.2) is 11.6 Å². The molecular weight excluding hydrogens is 248 g/mol. The Labute approximate surface area is 93.4 Å². The second-order valence-electron chi connectivity index (χ2n) is 3.32. The first-order chi connectivity index (χ1) is 7.77. The van der Waals surface area contributed by atoms with Gasteiger partial charge in [-0.1, -0.05) is 6.92 Å². The molecule has 0 spiro atoms. The highest BCUT2D eigenvalue weighted by Gasteiger charge is 2.42. The van der Waals surface area contributed by atoms with Crippen LogP contribution in [0.4, 0.5) is 26.3 Å². The van der Waals surface area contributed by atoms with Gasteiger partial charge in [0, 0.05) is 11.6 Å². The summed E-state index contributed by atoms with van der Waals surface area (Å²) in [5.74, 6) is -4.48. The number of nitrogens with one attached hydrogen (secondary N) is 1. The van der Waals surface area contributed by atoms with E-state index in [1.54, 1.807) is 0 Å². The lowest BCUT2D eigenvalue weighted by atomic mass is 10.1. The lowest BCUT2D eigenvalue weighted by molar-refractivity contribution is -0.158. The Bertz CT molecular complexity index is 401. The molecule has 0 saturated carbocycles. The molecule has 0 aliphatic heterocycles. The van der Waals surface area contributed by atoms with Gasteiger partial charge < -0.3 is 5.32 Å². The van der Waals surface area contributed by atoms with E-state index >= 15 is 0 Å². The van der Waals surface area contributed by atoms with Crippen molar-refractivity contribution in [3.63, 3.8) is 0 Å². The van der Waals surface area contributed by atoms with Crippen molar-refractivity contribution in [3.05, 3.63) is 35.1 Å².